The molecule has 0 aliphatic carbocycles. The van der Waals surface area contributed by atoms with Crippen LogP contribution < -0.4 is 20.6 Å². The molecule has 0 fully saturated rings. The van der Waals surface area contributed by atoms with Crippen LogP contribution in [0.3, 0.4) is 0 Å². The van der Waals surface area contributed by atoms with Crippen LogP contribution in [0.15, 0.2) is 35.3 Å². The summed E-state index contributed by atoms with van der Waals surface area (Å²) in [5, 5.41) is 21.8. The van der Waals surface area contributed by atoms with E-state index in [4.69, 9.17) is 9.39 Å². The van der Waals surface area contributed by atoms with Crippen molar-refractivity contribution in [3.63, 3.8) is 0 Å². The van der Waals surface area contributed by atoms with Gasteiger partial charge in [-0.25, -0.2) is 0 Å². The number of nitrogens with zero attached hydrogens (tertiary/aromatic N) is 2. The van der Waals surface area contributed by atoms with Gasteiger partial charge in [-0.05, 0) is 12.0 Å². The smallest absolute Gasteiger partial charge is 0.0583 e. The van der Waals surface area contributed by atoms with Gasteiger partial charge >= 0.3 is 176 Å². The van der Waals surface area contributed by atoms with E-state index < -0.39 is 18.5 Å². The summed E-state index contributed by atoms with van der Waals surface area (Å²) in [5.41, 5.74) is 3.51. The second-order valence-electron chi connectivity index (χ2n) is 9.15. The van der Waals surface area contributed by atoms with E-state index >= 15 is 0 Å². The maximum atomic E-state index is 13.0. The average Bonchev–Trinajstić information content (AvgIpc) is 3.18. The fourth-order valence-electron chi connectivity index (χ4n) is 4.92. The molecule has 0 unspecified atom stereocenters. The topological polar surface area (TPSA) is 101 Å². The zero-order valence-electron chi connectivity index (χ0n) is 20.8. The van der Waals surface area contributed by atoms with Gasteiger partial charge in [-0.1, -0.05) is 19.1 Å². The van der Waals surface area contributed by atoms with Crippen LogP contribution in [-0.2, 0) is 24.0 Å². The summed E-state index contributed by atoms with van der Waals surface area (Å²) >= 11 is 1.14. The minimum atomic E-state index is -1.20. The minimum absolute atomic E-state index is 0.0998. The summed E-state index contributed by atoms with van der Waals surface area (Å²) in [6.45, 7) is 5.18. The van der Waals surface area contributed by atoms with Crippen LogP contribution >= 0.6 is 0 Å². The number of unbranched alkanes of at least 4 members (excludes halogenated alkanes) is 2. The number of carbonyl (C=O) groups is 1. The molecule has 1 aromatic carbocycles. The Morgan fingerprint density at radius 2 is 2.14 bits per heavy atom. The van der Waals surface area contributed by atoms with Gasteiger partial charge in [0.15, 0.2) is 0 Å². The molecule has 2 aromatic rings. The van der Waals surface area contributed by atoms with Crippen molar-refractivity contribution >= 4 is 28.0 Å². The van der Waals surface area contributed by atoms with E-state index in [1.165, 1.54) is 6.20 Å². The second kappa shape index (κ2) is 11.3. The number of rotatable bonds is 9. The van der Waals surface area contributed by atoms with Gasteiger partial charge < -0.3 is 9.68 Å². The van der Waals surface area contributed by atoms with Crippen molar-refractivity contribution < 1.29 is 43.7 Å². The number of hydrogen-bond acceptors (Lipinski definition) is 6. The van der Waals surface area contributed by atoms with Gasteiger partial charge in [0.1, 0.15) is 0 Å². The molecule has 2 N–H and O–H groups in total. The summed E-state index contributed by atoms with van der Waals surface area (Å²) in [6.07, 6.45) is 7.66. The van der Waals surface area contributed by atoms with E-state index in [1.807, 2.05) is 48.8 Å². The van der Waals surface area contributed by atoms with E-state index in [2.05, 4.69) is 6.08 Å². The van der Waals surface area contributed by atoms with Crippen LogP contribution in [-0.4, -0.2) is 52.0 Å². The van der Waals surface area contributed by atoms with E-state index in [1.54, 1.807) is 0 Å². The van der Waals surface area contributed by atoms with Gasteiger partial charge in [0.05, 0.1) is 6.10 Å². The fourth-order valence-corrected chi connectivity index (χ4v) is 5.60. The Balaban J connectivity index is 1.44. The van der Waals surface area contributed by atoms with E-state index in [0.29, 0.717) is 17.9 Å². The van der Waals surface area contributed by atoms with Gasteiger partial charge in [0.2, 0.25) is 0 Å². The SMILES string of the molecule is CC[C@H]1OB(O)c2c(OCCCCC=C3CCN(C)n4cc(C(=O)O)c(=O)c([C](C)=[W])c43)cccc21. The summed E-state index contributed by atoms with van der Waals surface area (Å²) in [7, 11) is 0.954. The number of carboxylic acids is 1. The van der Waals surface area contributed by atoms with Crippen LogP contribution in [0.25, 0.3) is 5.57 Å². The number of hydrogen-bond donors (Lipinski definition) is 2. The molecule has 8 nitrogen and oxygen atoms in total. The average molecular weight is 662 g/mol. The normalized spacial score (nSPS) is 17.8. The zero-order chi connectivity index (χ0) is 26.0. The third-order valence-corrected chi connectivity index (χ3v) is 7.49. The number of fused-ring (bicyclic) bond motifs is 2. The second-order valence-corrected chi connectivity index (χ2v) is 11.4. The van der Waals surface area contributed by atoms with Gasteiger partial charge in [0, 0.05) is 0 Å². The molecule has 36 heavy (non-hydrogen) atoms. The predicted molar refractivity (Wildman–Crippen MR) is 137 cm³/mol. The molecule has 10 heteroatoms. The molecule has 0 radical (unpaired) electrons. The summed E-state index contributed by atoms with van der Waals surface area (Å²) < 4.78 is 14.3. The summed E-state index contributed by atoms with van der Waals surface area (Å²) in [5.74, 6) is -0.529. The Hall–Kier alpha value is -2.48. The van der Waals surface area contributed by atoms with Crippen molar-refractivity contribution in [2.45, 2.75) is 52.1 Å². The number of benzene rings is 1. The molecule has 2 aliphatic heterocycles. The van der Waals surface area contributed by atoms with Crippen LogP contribution in [0.2, 0.25) is 0 Å². The molecule has 0 bridgehead atoms. The van der Waals surface area contributed by atoms with Crippen LogP contribution in [0.4, 0.5) is 0 Å². The molecule has 3 heterocycles. The summed E-state index contributed by atoms with van der Waals surface area (Å²) in [4.78, 5) is 24.7. The fraction of sp³-hybridized carbons (Fsp3) is 0.423. The molecule has 1 atom stereocenters. The number of pyridine rings is 1. The Morgan fingerprint density at radius 3 is 2.83 bits per heavy atom. The Labute approximate surface area is 222 Å². The molecular weight excluding hydrogens is 631 g/mol. The maximum absolute atomic E-state index is 13.0. The van der Waals surface area contributed by atoms with Crippen LogP contribution in [0.1, 0.15) is 79.2 Å². The first-order valence-corrected chi connectivity index (χ1v) is 13.7. The zero-order valence-corrected chi connectivity index (χ0v) is 23.8. The van der Waals surface area contributed by atoms with E-state index in [-0.39, 0.29) is 11.7 Å². The number of carboxylic acid groups (broad SMARTS) is 1. The van der Waals surface area contributed by atoms with Crippen molar-refractivity contribution in [1.29, 1.82) is 0 Å². The number of ether oxygens (including phenoxy) is 1. The molecule has 0 spiro atoms. The first-order chi connectivity index (χ1) is 17.2. The quantitative estimate of drug-likeness (QED) is 0.315. The first kappa shape index (κ1) is 26.6. The van der Waals surface area contributed by atoms with Crippen molar-refractivity contribution in [2.75, 3.05) is 25.2 Å². The standard InChI is InChI=1S/C26H31BN2O6.W/c1-4-18-24-17(13-14-28(3)29(24)16-20(25(18)30)26(31)32)10-7-6-8-15-34-22-12-9-11-19-21(5-2)35-27(33)23(19)22;/h9-12,16,21,33H,5-8,13-15H2,1-3H3,(H,31,32);/t21-;/m1./s1. The third-order valence-electron chi connectivity index (χ3n) is 6.75. The summed E-state index contributed by atoms with van der Waals surface area (Å²) in [6, 6.07) is 5.79. The Kier molecular flexibility index (Phi) is 8.33. The van der Waals surface area contributed by atoms with Crippen molar-refractivity contribution in [3.8, 4) is 5.75 Å². The van der Waals surface area contributed by atoms with Gasteiger partial charge in [-0.15, -0.1) is 0 Å². The Morgan fingerprint density at radius 1 is 1.36 bits per heavy atom. The van der Waals surface area contributed by atoms with E-state index in [9.17, 15) is 19.7 Å². The first-order valence-electron chi connectivity index (χ1n) is 12.3. The Bertz CT molecular complexity index is 1270. The monoisotopic (exact) mass is 662 g/mol. The van der Waals surface area contributed by atoms with Gasteiger partial charge in [0.25, 0.3) is 0 Å². The van der Waals surface area contributed by atoms with Crippen molar-refractivity contribution in [1.82, 2.24) is 4.68 Å². The molecule has 1 aromatic heterocycles. The predicted octanol–water partition coefficient (Wildman–Crippen LogP) is 2.41. The van der Waals surface area contributed by atoms with Gasteiger partial charge in [-0.2, -0.15) is 0 Å². The molecular formula is C26H31BN2O6W. The minimum Gasteiger partial charge on any atom is -0.0583 e. The molecule has 0 saturated heterocycles. The molecule has 0 saturated carbocycles. The van der Waals surface area contributed by atoms with Crippen LogP contribution in [0, 0.1) is 0 Å². The van der Waals surface area contributed by atoms with Crippen molar-refractivity contribution in [3.05, 3.63) is 63.1 Å². The number of allylic oxidation sites excluding steroid dienone is 1. The van der Waals surface area contributed by atoms with E-state index in [0.717, 1.165) is 84.2 Å². The number of aromatic nitrogens is 1. The number of aromatic carboxylic acids is 1. The van der Waals surface area contributed by atoms with Crippen molar-refractivity contribution in [2.24, 2.45) is 0 Å². The molecule has 190 valence electrons. The molecule has 2 aliphatic rings. The van der Waals surface area contributed by atoms with Gasteiger partial charge in [-0.3, -0.25) is 0 Å². The third kappa shape index (κ3) is 5.15. The van der Waals surface area contributed by atoms with Crippen LogP contribution in [0.5, 0.6) is 5.75 Å². The molecule has 4 rings (SSSR count). The molecule has 0 amide bonds.